The number of hydrogen-bond acceptors (Lipinski definition) is 5. The van der Waals surface area contributed by atoms with Crippen molar-refractivity contribution in [2.45, 2.75) is 33.9 Å². The molecule has 148 valence electrons. The van der Waals surface area contributed by atoms with Crippen LogP contribution >= 0.6 is 11.3 Å². The number of carbonyl (C=O) groups is 1. The zero-order chi connectivity index (χ0) is 20.5. The summed E-state index contributed by atoms with van der Waals surface area (Å²) >= 11 is 1.69. The summed E-state index contributed by atoms with van der Waals surface area (Å²) in [6.45, 7) is 6.49. The molecular weight excluding hydrogens is 386 g/mol. The highest BCUT2D eigenvalue weighted by Gasteiger charge is 2.18. The first-order valence-electron chi connectivity index (χ1n) is 9.27. The highest BCUT2D eigenvalue weighted by Crippen LogP contribution is 2.20. The van der Waals surface area contributed by atoms with Gasteiger partial charge in [-0.3, -0.25) is 9.20 Å². The molecule has 0 aromatic carbocycles. The molecule has 0 atom stereocenters. The van der Waals surface area contributed by atoms with Gasteiger partial charge in [0.05, 0.1) is 17.8 Å². The summed E-state index contributed by atoms with van der Waals surface area (Å²) in [7, 11) is 0. The lowest BCUT2D eigenvalue weighted by Crippen LogP contribution is -2.17. The predicted molar refractivity (Wildman–Crippen MR) is 113 cm³/mol. The summed E-state index contributed by atoms with van der Waals surface area (Å²) in [6.07, 6.45) is 1.74. The quantitative estimate of drug-likeness (QED) is 0.471. The molecule has 0 bridgehead atoms. The summed E-state index contributed by atoms with van der Waals surface area (Å²) in [4.78, 5) is 30.6. The maximum Gasteiger partial charge on any atom is 0.340 e. The van der Waals surface area contributed by atoms with Gasteiger partial charge in [-0.05, 0) is 49.9 Å². The first-order valence-corrected chi connectivity index (χ1v) is 10.2. The van der Waals surface area contributed by atoms with Gasteiger partial charge in [0.1, 0.15) is 12.3 Å². The van der Waals surface area contributed by atoms with E-state index < -0.39 is 5.97 Å². The Balaban J connectivity index is 1.52. The van der Waals surface area contributed by atoms with E-state index in [1.54, 1.807) is 23.6 Å². The van der Waals surface area contributed by atoms with Crippen molar-refractivity contribution in [1.29, 1.82) is 0 Å². The van der Waals surface area contributed by atoms with Crippen molar-refractivity contribution in [1.82, 2.24) is 14.0 Å². The lowest BCUT2D eigenvalue weighted by molar-refractivity contribution is 0.0466. The molecule has 0 N–H and O–H groups in total. The number of esters is 1. The summed E-state index contributed by atoms with van der Waals surface area (Å²) in [5.41, 5.74) is 4.13. The third-order valence-corrected chi connectivity index (χ3v) is 5.76. The maximum atomic E-state index is 12.7. The van der Waals surface area contributed by atoms with E-state index in [1.807, 2.05) is 44.4 Å². The second-order valence-corrected chi connectivity index (χ2v) is 8.08. The third-order valence-electron chi connectivity index (χ3n) is 4.90. The molecule has 0 saturated carbocycles. The molecule has 0 radical (unpaired) electrons. The molecule has 7 heteroatoms. The molecule has 0 aliphatic heterocycles. The Morgan fingerprint density at radius 3 is 2.76 bits per heavy atom. The number of ether oxygens (including phenoxy) is 1. The van der Waals surface area contributed by atoms with E-state index in [9.17, 15) is 9.59 Å². The van der Waals surface area contributed by atoms with E-state index in [-0.39, 0.29) is 12.2 Å². The Morgan fingerprint density at radius 2 is 2.00 bits per heavy atom. The average Bonchev–Trinajstić information content (AvgIpc) is 3.30. The van der Waals surface area contributed by atoms with Gasteiger partial charge in [-0.25, -0.2) is 9.78 Å². The number of aromatic nitrogens is 3. The van der Waals surface area contributed by atoms with Gasteiger partial charge in [-0.15, -0.1) is 11.3 Å². The first kappa shape index (κ1) is 19.1. The number of pyridine rings is 1. The van der Waals surface area contributed by atoms with Crippen LogP contribution in [0.1, 0.15) is 37.9 Å². The molecule has 0 spiro atoms. The molecule has 0 saturated heterocycles. The second kappa shape index (κ2) is 7.67. The number of carbonyl (C=O) groups excluding carboxylic acids is 1. The Hall–Kier alpha value is -3.19. The van der Waals surface area contributed by atoms with Crippen LogP contribution in [-0.4, -0.2) is 19.9 Å². The molecule has 0 aliphatic rings. The summed E-state index contributed by atoms with van der Waals surface area (Å²) in [6, 6.07) is 11.0. The van der Waals surface area contributed by atoms with Crippen LogP contribution in [0.2, 0.25) is 0 Å². The van der Waals surface area contributed by atoms with Crippen molar-refractivity contribution in [3.8, 4) is 0 Å². The van der Waals surface area contributed by atoms with Crippen LogP contribution in [0.15, 0.2) is 52.8 Å². The van der Waals surface area contributed by atoms with Crippen molar-refractivity contribution >= 4 is 23.0 Å². The molecule has 29 heavy (non-hydrogen) atoms. The Labute approximate surface area is 172 Å². The van der Waals surface area contributed by atoms with Crippen LogP contribution in [0.25, 0.3) is 5.65 Å². The van der Waals surface area contributed by atoms with E-state index >= 15 is 0 Å². The van der Waals surface area contributed by atoms with Gasteiger partial charge in [-0.1, -0.05) is 12.1 Å². The van der Waals surface area contributed by atoms with E-state index in [4.69, 9.17) is 4.74 Å². The predicted octanol–water partition coefficient (Wildman–Crippen LogP) is 3.89. The van der Waals surface area contributed by atoms with Crippen LogP contribution < -0.4 is 5.56 Å². The number of aryl methyl sites for hydroxylation is 2. The van der Waals surface area contributed by atoms with Gasteiger partial charge in [0.25, 0.3) is 5.56 Å². The second-order valence-electron chi connectivity index (χ2n) is 7.05. The average molecular weight is 407 g/mol. The topological polar surface area (TPSA) is 65.6 Å². The fraction of sp³-hybridized carbons (Fsp3) is 0.227. The number of hydrogen-bond donors (Lipinski definition) is 0. The number of rotatable bonds is 5. The number of nitrogens with zero attached hydrogens (tertiary/aromatic N) is 3. The van der Waals surface area contributed by atoms with E-state index in [0.717, 1.165) is 23.5 Å². The molecule has 0 unspecified atom stereocenters. The van der Waals surface area contributed by atoms with E-state index in [0.29, 0.717) is 16.9 Å². The minimum Gasteiger partial charge on any atom is -0.456 e. The lowest BCUT2D eigenvalue weighted by Gasteiger charge is -2.09. The molecule has 0 aliphatic carbocycles. The van der Waals surface area contributed by atoms with Gasteiger partial charge < -0.3 is 9.30 Å². The molecule has 4 rings (SSSR count). The Kier molecular flexibility index (Phi) is 5.07. The van der Waals surface area contributed by atoms with Crippen LogP contribution in [-0.2, 0) is 17.9 Å². The fourth-order valence-corrected chi connectivity index (χ4v) is 4.05. The summed E-state index contributed by atoms with van der Waals surface area (Å²) in [5, 5.41) is 2.04. The SMILES string of the molecule is Cc1ccc2nc(COC(=O)c3cc(C)n(Cc4cccs4)c3C)cc(=O)n2c1. The van der Waals surface area contributed by atoms with Crippen molar-refractivity contribution < 1.29 is 9.53 Å². The highest BCUT2D eigenvalue weighted by molar-refractivity contribution is 7.09. The van der Waals surface area contributed by atoms with Gasteiger partial charge in [0, 0.05) is 28.5 Å². The number of fused-ring (bicyclic) bond motifs is 1. The van der Waals surface area contributed by atoms with Crippen molar-refractivity contribution in [2.24, 2.45) is 0 Å². The van der Waals surface area contributed by atoms with Gasteiger partial charge >= 0.3 is 5.97 Å². The molecule has 0 amide bonds. The normalized spacial score (nSPS) is 11.1. The molecule has 4 aromatic rings. The fourth-order valence-electron chi connectivity index (χ4n) is 3.36. The maximum absolute atomic E-state index is 12.7. The first-order chi connectivity index (χ1) is 13.9. The van der Waals surface area contributed by atoms with Crippen LogP contribution in [0.5, 0.6) is 0 Å². The van der Waals surface area contributed by atoms with Gasteiger partial charge in [-0.2, -0.15) is 0 Å². The van der Waals surface area contributed by atoms with Gasteiger partial charge in [0.2, 0.25) is 0 Å². The smallest absolute Gasteiger partial charge is 0.340 e. The van der Waals surface area contributed by atoms with Crippen LogP contribution in [0, 0.1) is 20.8 Å². The van der Waals surface area contributed by atoms with Crippen molar-refractivity contribution in [2.75, 3.05) is 0 Å². The zero-order valence-electron chi connectivity index (χ0n) is 16.5. The van der Waals surface area contributed by atoms with Crippen LogP contribution in [0.4, 0.5) is 0 Å². The summed E-state index contributed by atoms with van der Waals surface area (Å²) in [5.74, 6) is -0.415. The monoisotopic (exact) mass is 407 g/mol. The molecular formula is C22H21N3O3S. The standard InChI is InChI=1S/C22H21N3O3S/c1-14-6-7-20-23-17(10-21(26)25(20)11-14)13-28-22(27)19-9-15(2)24(16(19)3)12-18-5-4-8-29-18/h4-11H,12-13H2,1-3H3. The highest BCUT2D eigenvalue weighted by atomic mass is 32.1. The van der Waals surface area contributed by atoms with Gasteiger partial charge in [0.15, 0.2) is 0 Å². The minimum atomic E-state index is -0.415. The molecule has 0 fully saturated rings. The van der Waals surface area contributed by atoms with Crippen LogP contribution in [0.3, 0.4) is 0 Å². The minimum absolute atomic E-state index is 0.0486. The Morgan fingerprint density at radius 1 is 1.17 bits per heavy atom. The molecule has 4 aromatic heterocycles. The Bertz CT molecular complexity index is 1250. The largest absolute Gasteiger partial charge is 0.456 e. The van der Waals surface area contributed by atoms with E-state index in [2.05, 4.69) is 15.6 Å². The lowest BCUT2D eigenvalue weighted by atomic mass is 10.2. The number of thiophene rings is 1. The van der Waals surface area contributed by atoms with Crippen molar-refractivity contribution in [3.05, 3.63) is 91.4 Å². The zero-order valence-corrected chi connectivity index (χ0v) is 17.3. The molecule has 6 nitrogen and oxygen atoms in total. The summed E-state index contributed by atoms with van der Waals surface area (Å²) < 4.78 is 9.05. The third kappa shape index (κ3) is 3.86. The van der Waals surface area contributed by atoms with E-state index in [1.165, 1.54) is 15.3 Å². The molecule has 4 heterocycles. The van der Waals surface area contributed by atoms with Crippen molar-refractivity contribution in [3.63, 3.8) is 0 Å².